The predicted molar refractivity (Wildman–Crippen MR) is 120 cm³/mol. The van der Waals surface area contributed by atoms with Crippen LogP contribution >= 0.6 is 0 Å². The van der Waals surface area contributed by atoms with Crippen LogP contribution < -0.4 is 10.6 Å². The highest BCUT2D eigenvalue weighted by atomic mass is 16.5. The molecule has 0 fully saturated rings. The van der Waals surface area contributed by atoms with Crippen molar-refractivity contribution in [1.29, 1.82) is 5.26 Å². The van der Waals surface area contributed by atoms with E-state index in [-0.39, 0.29) is 35.6 Å². The fourth-order valence-electron chi connectivity index (χ4n) is 2.64. The monoisotopic (exact) mass is 435 g/mol. The largest absolute Gasteiger partial charge is 0.462 e. The molecule has 2 aromatic rings. The van der Waals surface area contributed by atoms with E-state index in [1.165, 1.54) is 12.3 Å². The highest BCUT2D eigenvalue weighted by molar-refractivity contribution is 6.09. The number of anilines is 2. The lowest BCUT2D eigenvalue weighted by Crippen LogP contribution is -2.18. The van der Waals surface area contributed by atoms with Crippen LogP contribution in [0.3, 0.4) is 0 Å². The Kier molecular flexibility index (Phi) is 9.47. The summed E-state index contributed by atoms with van der Waals surface area (Å²) in [5.74, 6) is -1.80. The molecule has 2 rings (SSSR count). The molecule has 0 atom stereocenters. The second-order valence-electron chi connectivity index (χ2n) is 6.57. The lowest BCUT2D eigenvalue weighted by atomic mass is 10.1. The lowest BCUT2D eigenvalue weighted by Gasteiger charge is -2.11. The summed E-state index contributed by atoms with van der Waals surface area (Å²) in [6.07, 6.45) is 2.81. The second kappa shape index (κ2) is 12.5. The number of nitrogens with one attached hydrogen (secondary N) is 2. The van der Waals surface area contributed by atoms with E-state index < -0.39 is 17.8 Å². The molecule has 2 N–H and O–H groups in total. The number of benzene rings is 2. The smallest absolute Gasteiger partial charge is 0.340 e. The maximum atomic E-state index is 12.6. The third kappa shape index (κ3) is 6.71. The molecule has 2 aromatic carbocycles. The van der Waals surface area contributed by atoms with Crippen molar-refractivity contribution in [3.63, 3.8) is 0 Å². The van der Waals surface area contributed by atoms with Gasteiger partial charge in [-0.05, 0) is 37.6 Å². The van der Waals surface area contributed by atoms with Gasteiger partial charge >= 0.3 is 11.9 Å². The van der Waals surface area contributed by atoms with Gasteiger partial charge in [0.25, 0.3) is 5.91 Å². The zero-order chi connectivity index (χ0) is 23.3. The summed E-state index contributed by atoms with van der Waals surface area (Å²) in [7, 11) is 0. The summed E-state index contributed by atoms with van der Waals surface area (Å²) in [5, 5.41) is 14.8. The molecule has 0 heterocycles. The van der Waals surface area contributed by atoms with E-state index in [9.17, 15) is 19.6 Å². The molecule has 0 radical (unpaired) electrons. The quantitative estimate of drug-likeness (QED) is 0.247. The first-order valence-corrected chi connectivity index (χ1v) is 10.2. The molecule has 0 aliphatic heterocycles. The van der Waals surface area contributed by atoms with Crippen LogP contribution in [0.5, 0.6) is 0 Å². The Hall–Kier alpha value is -4.12. The third-order valence-electron chi connectivity index (χ3n) is 4.29. The van der Waals surface area contributed by atoms with Crippen LogP contribution in [0, 0.1) is 11.3 Å². The van der Waals surface area contributed by atoms with Gasteiger partial charge in [-0.3, -0.25) is 4.79 Å². The number of amides is 1. The topological polar surface area (TPSA) is 118 Å². The zero-order valence-corrected chi connectivity index (χ0v) is 18.0. The first-order chi connectivity index (χ1) is 15.5. The Balaban J connectivity index is 2.17. The molecular formula is C24H25N3O5. The van der Waals surface area contributed by atoms with Crippen LogP contribution in [0.15, 0.2) is 60.3 Å². The molecule has 166 valence electrons. The molecule has 0 aromatic heterocycles. The van der Waals surface area contributed by atoms with Crippen molar-refractivity contribution in [1.82, 2.24) is 0 Å². The number of nitrogens with zero attached hydrogens (tertiary/aromatic N) is 1. The van der Waals surface area contributed by atoms with Crippen LogP contribution in [0.2, 0.25) is 0 Å². The first-order valence-electron chi connectivity index (χ1n) is 10.2. The van der Waals surface area contributed by atoms with Crippen molar-refractivity contribution in [3.8, 4) is 6.07 Å². The number of carbonyl (C=O) groups is 3. The Morgan fingerprint density at radius 3 is 2.16 bits per heavy atom. The van der Waals surface area contributed by atoms with Crippen LogP contribution in [-0.2, 0) is 14.3 Å². The van der Waals surface area contributed by atoms with Crippen LogP contribution in [0.1, 0.15) is 47.4 Å². The normalized spacial score (nSPS) is 10.6. The Bertz CT molecular complexity index is 1040. The van der Waals surface area contributed by atoms with E-state index in [1.807, 2.05) is 13.0 Å². The molecule has 0 unspecified atom stereocenters. The number of esters is 2. The lowest BCUT2D eigenvalue weighted by molar-refractivity contribution is -0.112. The van der Waals surface area contributed by atoms with Crippen LogP contribution in [0.4, 0.5) is 11.4 Å². The number of hydrogen-bond acceptors (Lipinski definition) is 7. The summed E-state index contributed by atoms with van der Waals surface area (Å²) in [6, 6.07) is 14.8. The van der Waals surface area contributed by atoms with Crippen molar-refractivity contribution in [3.05, 3.63) is 71.4 Å². The summed E-state index contributed by atoms with van der Waals surface area (Å²) in [4.78, 5) is 37.0. The summed E-state index contributed by atoms with van der Waals surface area (Å²) in [6.45, 7) is 4.18. The van der Waals surface area contributed by atoms with Crippen LogP contribution in [-0.4, -0.2) is 31.1 Å². The number of ether oxygens (including phenoxy) is 2. The standard InChI is InChI=1S/C24H25N3O5/c1-3-5-14-32-24(30)19-11-7-9-13-21(19)27-22(28)17(15-25)16-26-20-12-8-6-10-18(20)23(29)31-4-2/h6-13,16,26H,3-5,14H2,1-2H3,(H,27,28)/b17-16-. The van der Waals surface area contributed by atoms with Crippen molar-refractivity contribution in [2.45, 2.75) is 26.7 Å². The van der Waals surface area contributed by atoms with Gasteiger partial charge < -0.3 is 20.1 Å². The molecule has 1 amide bonds. The molecule has 32 heavy (non-hydrogen) atoms. The zero-order valence-electron chi connectivity index (χ0n) is 18.0. The van der Waals surface area contributed by atoms with Gasteiger partial charge in [-0.15, -0.1) is 0 Å². The molecule has 8 nitrogen and oxygen atoms in total. The SMILES string of the molecule is CCCCOC(=O)c1ccccc1NC(=O)/C(C#N)=C\Nc1ccccc1C(=O)OCC. The van der Waals surface area contributed by atoms with E-state index in [0.29, 0.717) is 5.69 Å². The van der Waals surface area contributed by atoms with Gasteiger partial charge in [0.15, 0.2) is 0 Å². The number of para-hydroxylation sites is 2. The number of unbranched alkanes of at least 4 members (excludes halogenated alkanes) is 1. The van der Waals surface area contributed by atoms with Gasteiger partial charge in [0.05, 0.1) is 35.7 Å². The van der Waals surface area contributed by atoms with Gasteiger partial charge in [-0.1, -0.05) is 37.6 Å². The van der Waals surface area contributed by atoms with Crippen molar-refractivity contribution >= 4 is 29.2 Å². The van der Waals surface area contributed by atoms with E-state index in [2.05, 4.69) is 10.6 Å². The number of carbonyl (C=O) groups excluding carboxylic acids is 3. The van der Waals surface area contributed by atoms with Gasteiger partial charge in [0, 0.05) is 6.20 Å². The maximum absolute atomic E-state index is 12.6. The minimum Gasteiger partial charge on any atom is -0.462 e. The first kappa shape index (κ1) is 24.2. The second-order valence-corrected chi connectivity index (χ2v) is 6.57. The molecule has 0 aliphatic carbocycles. The van der Waals surface area contributed by atoms with E-state index in [0.717, 1.165) is 12.8 Å². The number of rotatable bonds is 10. The Morgan fingerprint density at radius 2 is 1.53 bits per heavy atom. The summed E-state index contributed by atoms with van der Waals surface area (Å²) >= 11 is 0. The molecule has 0 saturated heterocycles. The maximum Gasteiger partial charge on any atom is 0.340 e. The van der Waals surface area contributed by atoms with E-state index in [4.69, 9.17) is 9.47 Å². The highest BCUT2D eigenvalue weighted by Gasteiger charge is 2.17. The Morgan fingerprint density at radius 1 is 0.938 bits per heavy atom. The van der Waals surface area contributed by atoms with Crippen molar-refractivity contribution in [2.75, 3.05) is 23.8 Å². The van der Waals surface area contributed by atoms with Gasteiger partial charge in [0.1, 0.15) is 11.6 Å². The fraction of sp³-hybridized carbons (Fsp3) is 0.250. The van der Waals surface area contributed by atoms with Crippen LogP contribution in [0.25, 0.3) is 0 Å². The Labute approximate surface area is 186 Å². The van der Waals surface area contributed by atoms with Crippen molar-refractivity contribution < 1.29 is 23.9 Å². The third-order valence-corrected chi connectivity index (χ3v) is 4.29. The predicted octanol–water partition coefficient (Wildman–Crippen LogP) is 4.28. The fourth-order valence-corrected chi connectivity index (χ4v) is 2.64. The molecule has 0 aliphatic rings. The minimum absolute atomic E-state index is 0.190. The number of nitriles is 1. The van der Waals surface area contributed by atoms with E-state index >= 15 is 0 Å². The minimum atomic E-state index is -0.720. The van der Waals surface area contributed by atoms with Gasteiger partial charge in [-0.25, -0.2) is 9.59 Å². The molecular weight excluding hydrogens is 410 g/mol. The van der Waals surface area contributed by atoms with Gasteiger partial charge in [-0.2, -0.15) is 5.26 Å². The summed E-state index contributed by atoms with van der Waals surface area (Å²) < 4.78 is 10.2. The molecule has 0 saturated carbocycles. The van der Waals surface area contributed by atoms with E-state index in [1.54, 1.807) is 49.4 Å². The average Bonchev–Trinajstić information content (AvgIpc) is 2.80. The number of hydrogen-bond donors (Lipinski definition) is 2. The molecule has 0 spiro atoms. The van der Waals surface area contributed by atoms with Crippen molar-refractivity contribution in [2.24, 2.45) is 0 Å². The molecule has 8 heteroatoms. The highest BCUT2D eigenvalue weighted by Crippen LogP contribution is 2.19. The average molecular weight is 435 g/mol. The molecule has 0 bridgehead atoms. The van der Waals surface area contributed by atoms with Gasteiger partial charge in [0.2, 0.25) is 0 Å². The summed E-state index contributed by atoms with van der Waals surface area (Å²) in [5.41, 5.74) is 0.814.